The number of nitrogens with zero attached hydrogens (tertiary/aromatic N) is 2. The molecule has 11 nitrogen and oxygen atoms in total. The molecule has 2 aliphatic rings. The normalized spacial score (nSPS) is 17.2. The van der Waals surface area contributed by atoms with Crippen molar-refractivity contribution in [1.82, 2.24) is 15.2 Å². The van der Waals surface area contributed by atoms with E-state index in [4.69, 9.17) is 20.4 Å². The number of carboxylic acids is 1. The SMILES string of the molecule is CC(C)(C)OC(=O)N1CC(C(=O)NN)C1.CC(C)(C)OC(=O)N1CC(C(=O)O)C1. The number of rotatable bonds is 2. The molecule has 0 aromatic heterocycles. The predicted octanol–water partition coefficient (Wildman–Crippen LogP) is 0.781. The molecule has 2 aliphatic heterocycles. The summed E-state index contributed by atoms with van der Waals surface area (Å²) in [6.07, 6.45) is -0.821. The van der Waals surface area contributed by atoms with Crippen LogP contribution < -0.4 is 11.3 Å². The molecule has 166 valence electrons. The molecular weight excluding hydrogens is 384 g/mol. The lowest BCUT2D eigenvalue weighted by molar-refractivity contribution is -0.146. The van der Waals surface area contributed by atoms with Crippen molar-refractivity contribution < 1.29 is 33.8 Å². The largest absolute Gasteiger partial charge is 0.481 e. The van der Waals surface area contributed by atoms with Crippen molar-refractivity contribution in [1.29, 1.82) is 0 Å². The molecule has 2 rings (SSSR count). The van der Waals surface area contributed by atoms with E-state index in [2.05, 4.69) is 5.43 Å². The van der Waals surface area contributed by atoms with E-state index in [1.165, 1.54) is 9.80 Å². The highest BCUT2D eigenvalue weighted by atomic mass is 16.6. The lowest BCUT2D eigenvalue weighted by Crippen LogP contribution is -2.57. The molecule has 3 amide bonds. The van der Waals surface area contributed by atoms with Gasteiger partial charge in [0.2, 0.25) is 5.91 Å². The summed E-state index contributed by atoms with van der Waals surface area (Å²) in [6, 6.07) is 0. The van der Waals surface area contributed by atoms with E-state index >= 15 is 0 Å². The number of carboxylic acid groups (broad SMARTS) is 1. The molecule has 2 saturated heterocycles. The van der Waals surface area contributed by atoms with Gasteiger partial charge in [-0.3, -0.25) is 15.0 Å². The van der Waals surface area contributed by atoms with E-state index in [1.54, 1.807) is 41.5 Å². The first kappa shape index (κ1) is 24.5. The van der Waals surface area contributed by atoms with Crippen LogP contribution in [0.1, 0.15) is 41.5 Å². The van der Waals surface area contributed by atoms with Gasteiger partial charge in [0.1, 0.15) is 11.2 Å². The minimum Gasteiger partial charge on any atom is -0.481 e. The van der Waals surface area contributed by atoms with Gasteiger partial charge in [-0.1, -0.05) is 0 Å². The molecule has 11 heteroatoms. The number of hydrogen-bond donors (Lipinski definition) is 3. The Morgan fingerprint density at radius 1 is 0.828 bits per heavy atom. The summed E-state index contributed by atoms with van der Waals surface area (Å²) in [6.45, 7) is 12.0. The highest BCUT2D eigenvalue weighted by Crippen LogP contribution is 2.20. The first-order chi connectivity index (χ1) is 13.1. The van der Waals surface area contributed by atoms with Crippen LogP contribution in [-0.2, 0) is 19.1 Å². The zero-order chi connectivity index (χ0) is 22.6. The van der Waals surface area contributed by atoms with E-state index in [1.807, 2.05) is 0 Å². The Labute approximate surface area is 170 Å². The Kier molecular flexibility index (Phi) is 7.84. The highest BCUT2D eigenvalue weighted by molar-refractivity contribution is 5.82. The molecule has 0 aromatic rings. The van der Waals surface area contributed by atoms with E-state index < -0.39 is 29.2 Å². The number of amides is 3. The average molecular weight is 416 g/mol. The van der Waals surface area contributed by atoms with E-state index in [0.29, 0.717) is 13.1 Å². The molecule has 0 atom stereocenters. The molecule has 0 bridgehead atoms. The summed E-state index contributed by atoms with van der Waals surface area (Å²) in [4.78, 5) is 47.1. The van der Waals surface area contributed by atoms with Crippen LogP contribution in [0.15, 0.2) is 0 Å². The third-order valence-electron chi connectivity index (χ3n) is 3.93. The van der Waals surface area contributed by atoms with Crippen LogP contribution in [-0.4, -0.2) is 76.4 Å². The number of aliphatic carboxylic acids is 1. The minimum atomic E-state index is -0.857. The maximum Gasteiger partial charge on any atom is 0.410 e. The first-order valence-electron chi connectivity index (χ1n) is 9.32. The van der Waals surface area contributed by atoms with E-state index in [-0.39, 0.29) is 31.0 Å². The van der Waals surface area contributed by atoms with Gasteiger partial charge in [-0.2, -0.15) is 0 Å². The van der Waals surface area contributed by atoms with Crippen molar-refractivity contribution >= 4 is 24.1 Å². The average Bonchev–Trinajstić information content (AvgIpc) is 2.39. The molecule has 0 unspecified atom stereocenters. The Balaban J connectivity index is 0.000000291. The number of hydrogen-bond acceptors (Lipinski definition) is 7. The minimum absolute atomic E-state index is 0.206. The summed E-state index contributed by atoms with van der Waals surface area (Å²) >= 11 is 0. The second-order valence-electron chi connectivity index (χ2n) is 9.01. The number of carbonyl (C=O) groups excluding carboxylic acids is 3. The Hall–Kier alpha value is -2.56. The van der Waals surface area contributed by atoms with Crippen molar-refractivity contribution in [2.45, 2.75) is 52.7 Å². The van der Waals surface area contributed by atoms with Crippen LogP contribution in [0.5, 0.6) is 0 Å². The first-order valence-corrected chi connectivity index (χ1v) is 9.32. The Morgan fingerprint density at radius 3 is 1.45 bits per heavy atom. The van der Waals surface area contributed by atoms with Crippen LogP contribution >= 0.6 is 0 Å². The molecule has 0 aliphatic carbocycles. The summed E-state index contributed by atoms with van der Waals surface area (Å²) in [7, 11) is 0. The monoisotopic (exact) mass is 416 g/mol. The number of hydrazine groups is 1. The lowest BCUT2D eigenvalue weighted by Gasteiger charge is -2.38. The number of nitrogens with two attached hydrogens (primary N) is 1. The highest BCUT2D eigenvalue weighted by Gasteiger charge is 2.38. The lowest BCUT2D eigenvalue weighted by atomic mass is 10.0. The molecule has 0 radical (unpaired) electrons. The summed E-state index contributed by atoms with van der Waals surface area (Å²) in [5.74, 6) is 3.24. The molecule has 29 heavy (non-hydrogen) atoms. The maximum absolute atomic E-state index is 11.4. The van der Waals surface area contributed by atoms with Crippen LogP contribution in [0.25, 0.3) is 0 Å². The molecule has 2 heterocycles. The predicted molar refractivity (Wildman–Crippen MR) is 103 cm³/mol. The van der Waals surface area contributed by atoms with Gasteiger partial charge in [-0.15, -0.1) is 0 Å². The standard InChI is InChI=1S/C9H17N3O3.C9H15NO4/c1-9(2,3)15-8(14)12-4-6(5-12)7(13)11-10;1-9(2,3)14-8(13)10-4-6(5-10)7(11)12/h6H,4-5,10H2,1-3H3,(H,11,13);6H,4-5H2,1-3H3,(H,11,12). The van der Waals surface area contributed by atoms with Crippen LogP contribution in [0, 0.1) is 11.8 Å². The van der Waals surface area contributed by atoms with Gasteiger partial charge in [-0.05, 0) is 41.5 Å². The van der Waals surface area contributed by atoms with Crippen LogP contribution in [0.4, 0.5) is 9.59 Å². The van der Waals surface area contributed by atoms with Crippen molar-refractivity contribution in [2.75, 3.05) is 26.2 Å². The second kappa shape index (κ2) is 9.29. The zero-order valence-corrected chi connectivity index (χ0v) is 17.9. The fourth-order valence-electron chi connectivity index (χ4n) is 2.35. The van der Waals surface area contributed by atoms with Crippen molar-refractivity contribution in [3.05, 3.63) is 0 Å². The molecule has 2 fully saturated rings. The molecule has 0 aromatic carbocycles. The second-order valence-corrected chi connectivity index (χ2v) is 9.01. The quantitative estimate of drug-likeness (QED) is 0.339. The smallest absolute Gasteiger partial charge is 0.410 e. The van der Waals surface area contributed by atoms with E-state index in [9.17, 15) is 19.2 Å². The molecule has 0 spiro atoms. The van der Waals surface area contributed by atoms with Crippen molar-refractivity contribution in [3.8, 4) is 0 Å². The van der Waals surface area contributed by atoms with Gasteiger partial charge in [0.15, 0.2) is 0 Å². The van der Waals surface area contributed by atoms with Gasteiger partial charge in [0.05, 0.1) is 11.8 Å². The maximum atomic E-state index is 11.4. The number of ether oxygens (including phenoxy) is 2. The summed E-state index contributed by atoms with van der Waals surface area (Å²) in [5.41, 5.74) is 1.03. The fraction of sp³-hybridized carbons (Fsp3) is 0.778. The summed E-state index contributed by atoms with van der Waals surface area (Å²) in [5, 5.41) is 8.59. The summed E-state index contributed by atoms with van der Waals surface area (Å²) < 4.78 is 10.2. The van der Waals surface area contributed by atoms with Crippen molar-refractivity contribution in [2.24, 2.45) is 17.7 Å². The third-order valence-corrected chi connectivity index (χ3v) is 3.93. The third kappa shape index (κ3) is 8.14. The van der Waals surface area contributed by atoms with Gasteiger partial charge in [-0.25, -0.2) is 15.4 Å². The number of carbonyl (C=O) groups is 4. The van der Waals surface area contributed by atoms with Gasteiger partial charge in [0, 0.05) is 26.2 Å². The van der Waals surface area contributed by atoms with E-state index in [0.717, 1.165) is 0 Å². The molecule has 4 N–H and O–H groups in total. The van der Waals surface area contributed by atoms with Gasteiger partial charge >= 0.3 is 18.2 Å². The fourth-order valence-corrected chi connectivity index (χ4v) is 2.35. The Morgan fingerprint density at radius 2 is 1.17 bits per heavy atom. The van der Waals surface area contributed by atoms with Gasteiger partial charge < -0.3 is 24.4 Å². The Bertz CT molecular complexity index is 627. The number of nitrogens with one attached hydrogen (secondary N) is 1. The van der Waals surface area contributed by atoms with Crippen molar-refractivity contribution in [3.63, 3.8) is 0 Å². The molecule has 0 saturated carbocycles. The van der Waals surface area contributed by atoms with Crippen LogP contribution in [0.3, 0.4) is 0 Å². The van der Waals surface area contributed by atoms with Crippen LogP contribution in [0.2, 0.25) is 0 Å². The number of likely N-dealkylation sites (tertiary alicyclic amines) is 2. The topological polar surface area (TPSA) is 152 Å². The van der Waals surface area contributed by atoms with Gasteiger partial charge in [0.25, 0.3) is 0 Å². The molecular formula is C18H32N4O7. The zero-order valence-electron chi connectivity index (χ0n) is 17.9.